The lowest BCUT2D eigenvalue weighted by Crippen LogP contribution is -2.50. The summed E-state index contributed by atoms with van der Waals surface area (Å²) in [5, 5.41) is 9.79. The molecule has 0 aliphatic carbocycles. The number of aliphatic imine (C=N–C) groups is 1. The summed E-state index contributed by atoms with van der Waals surface area (Å²) in [5.74, 6) is -0.827. The van der Waals surface area contributed by atoms with Crippen LogP contribution in [0.25, 0.3) is 0 Å². The maximum absolute atomic E-state index is 12.0. The van der Waals surface area contributed by atoms with Gasteiger partial charge in [-0.3, -0.25) is 10.2 Å². The van der Waals surface area contributed by atoms with Crippen LogP contribution in [0.1, 0.15) is 33.6 Å². The van der Waals surface area contributed by atoms with Gasteiger partial charge in [0.15, 0.2) is 18.1 Å². The predicted octanol–water partition coefficient (Wildman–Crippen LogP) is -1.24. The second kappa shape index (κ2) is 9.01. The first-order chi connectivity index (χ1) is 9.67. The molecule has 21 heavy (non-hydrogen) atoms. The topological polar surface area (TPSA) is 179 Å². The van der Waals surface area contributed by atoms with Gasteiger partial charge < -0.3 is 33.0 Å². The third-order valence-electron chi connectivity index (χ3n) is 2.65. The first kappa shape index (κ1) is 19.0. The Balaban J connectivity index is 4.94. The van der Waals surface area contributed by atoms with E-state index in [0.29, 0.717) is 12.8 Å². The van der Waals surface area contributed by atoms with Gasteiger partial charge in [0.1, 0.15) is 12.1 Å². The summed E-state index contributed by atoms with van der Waals surface area (Å²) in [6.07, 6.45) is 0.0283. The average Bonchev–Trinajstić information content (AvgIpc) is 2.33. The second-order valence-electron chi connectivity index (χ2n) is 5.18. The van der Waals surface area contributed by atoms with Crippen LogP contribution in [-0.4, -0.2) is 36.2 Å². The van der Waals surface area contributed by atoms with E-state index in [-0.39, 0.29) is 17.8 Å². The molecule has 3 atom stereocenters. The molecule has 2 unspecified atom stereocenters. The van der Waals surface area contributed by atoms with Gasteiger partial charge in [-0.15, -0.1) is 0 Å². The highest BCUT2D eigenvalue weighted by Gasteiger charge is 2.27. The zero-order valence-electron chi connectivity index (χ0n) is 12.8. The van der Waals surface area contributed by atoms with Gasteiger partial charge in [-0.05, 0) is 18.8 Å². The Kier molecular flexibility index (Phi) is 8.14. The van der Waals surface area contributed by atoms with Crippen LogP contribution in [0.4, 0.5) is 0 Å². The van der Waals surface area contributed by atoms with Gasteiger partial charge in [-0.2, -0.15) is 0 Å². The minimum atomic E-state index is -0.944. The predicted molar refractivity (Wildman–Crippen MR) is 82.2 cm³/mol. The highest BCUT2D eigenvalue weighted by molar-refractivity contribution is 5.78. The Morgan fingerprint density at radius 3 is 2.29 bits per heavy atom. The number of nitrogens with two attached hydrogens (primary N) is 4. The minimum Gasteiger partial charge on any atom is -0.438 e. The number of nitrogens with one attached hydrogen (secondary N) is 2. The molecule has 0 spiro atoms. The molecule has 0 saturated heterocycles. The molecule has 0 radical (unpaired) electrons. The summed E-state index contributed by atoms with van der Waals surface area (Å²) in [5.41, 5.74) is 21.7. The first-order valence-electron chi connectivity index (χ1n) is 6.82. The lowest BCUT2D eigenvalue weighted by molar-refractivity contribution is -0.153. The zero-order chi connectivity index (χ0) is 16.6. The van der Waals surface area contributed by atoms with Crippen LogP contribution in [0.5, 0.6) is 0 Å². The minimum absolute atomic E-state index is 0.139. The largest absolute Gasteiger partial charge is 0.438 e. The van der Waals surface area contributed by atoms with Crippen molar-refractivity contribution in [2.45, 2.75) is 51.9 Å². The molecule has 9 heteroatoms. The van der Waals surface area contributed by atoms with Crippen molar-refractivity contribution < 1.29 is 9.53 Å². The van der Waals surface area contributed by atoms with Crippen LogP contribution in [0.3, 0.4) is 0 Å². The molecule has 0 aliphatic rings. The highest BCUT2D eigenvalue weighted by Crippen LogP contribution is 2.10. The number of hydrogen-bond acceptors (Lipinski definition) is 5. The maximum Gasteiger partial charge on any atom is 0.324 e. The van der Waals surface area contributed by atoms with E-state index in [4.69, 9.17) is 33.1 Å². The van der Waals surface area contributed by atoms with Crippen molar-refractivity contribution in [3.05, 3.63) is 0 Å². The van der Waals surface area contributed by atoms with Crippen LogP contribution >= 0.6 is 0 Å². The van der Waals surface area contributed by atoms with Gasteiger partial charge in [0.2, 0.25) is 0 Å². The number of guanidine groups is 2. The molecule has 122 valence electrons. The van der Waals surface area contributed by atoms with E-state index >= 15 is 0 Å². The fraction of sp³-hybridized carbons (Fsp3) is 0.750. The molecule has 9 nitrogen and oxygen atoms in total. The fourth-order valence-corrected chi connectivity index (χ4v) is 1.74. The van der Waals surface area contributed by atoms with Crippen molar-refractivity contribution in [1.82, 2.24) is 5.32 Å². The lowest BCUT2D eigenvalue weighted by Gasteiger charge is -2.26. The average molecular weight is 301 g/mol. The van der Waals surface area contributed by atoms with Crippen molar-refractivity contribution in [1.29, 1.82) is 5.41 Å². The Hall–Kier alpha value is -2.03. The van der Waals surface area contributed by atoms with E-state index < -0.39 is 24.3 Å². The van der Waals surface area contributed by atoms with Gasteiger partial charge in [0, 0.05) is 0 Å². The summed E-state index contributed by atoms with van der Waals surface area (Å²) in [6, 6.07) is -1.31. The second-order valence-corrected chi connectivity index (χ2v) is 5.18. The van der Waals surface area contributed by atoms with Gasteiger partial charge in [-0.25, -0.2) is 4.99 Å². The molecule has 0 rings (SSSR count). The number of nitrogens with zero attached hydrogens (tertiary/aromatic N) is 1. The van der Waals surface area contributed by atoms with Crippen LogP contribution in [-0.2, 0) is 9.53 Å². The fourth-order valence-electron chi connectivity index (χ4n) is 1.74. The van der Waals surface area contributed by atoms with Gasteiger partial charge in [0.05, 0.1) is 0 Å². The summed E-state index contributed by atoms with van der Waals surface area (Å²) in [6.45, 7) is 5.72. The normalized spacial score (nSPS) is 14.9. The molecule has 0 heterocycles. The summed E-state index contributed by atoms with van der Waals surface area (Å²) >= 11 is 0. The molecule has 0 aromatic heterocycles. The molecule has 0 aromatic rings. The zero-order valence-corrected chi connectivity index (χ0v) is 12.8. The highest BCUT2D eigenvalue weighted by atomic mass is 16.6. The van der Waals surface area contributed by atoms with Crippen molar-refractivity contribution in [3.63, 3.8) is 0 Å². The SMILES string of the molecule is CCC(N=C(N)N)C(NC(=N)N)OC(=O)[C@@H](N)CC(C)C. The quantitative estimate of drug-likeness (QED) is 0.140. The Bertz CT molecular complexity index is 380. The molecule has 0 amide bonds. The number of rotatable bonds is 8. The Morgan fingerprint density at radius 2 is 1.90 bits per heavy atom. The number of carbonyl (C=O) groups is 1. The first-order valence-corrected chi connectivity index (χ1v) is 6.82. The van der Waals surface area contributed by atoms with Crippen LogP contribution < -0.4 is 28.3 Å². The van der Waals surface area contributed by atoms with Crippen molar-refractivity contribution in [2.75, 3.05) is 0 Å². The molecule has 0 bridgehead atoms. The third-order valence-corrected chi connectivity index (χ3v) is 2.65. The summed E-state index contributed by atoms with van der Waals surface area (Å²) < 4.78 is 5.26. The van der Waals surface area contributed by atoms with Crippen molar-refractivity contribution in [3.8, 4) is 0 Å². The molecule has 0 aromatic carbocycles. The summed E-state index contributed by atoms with van der Waals surface area (Å²) in [4.78, 5) is 15.9. The van der Waals surface area contributed by atoms with E-state index in [2.05, 4.69) is 10.3 Å². The summed E-state index contributed by atoms with van der Waals surface area (Å²) in [7, 11) is 0. The van der Waals surface area contributed by atoms with Crippen LogP contribution in [0.2, 0.25) is 0 Å². The molecular formula is C12H27N7O2. The number of esters is 1. The smallest absolute Gasteiger partial charge is 0.324 e. The molecule has 0 saturated carbocycles. The van der Waals surface area contributed by atoms with E-state index in [1.165, 1.54) is 0 Å². The number of hydrogen-bond donors (Lipinski definition) is 6. The van der Waals surface area contributed by atoms with Crippen molar-refractivity contribution in [2.24, 2.45) is 33.8 Å². The van der Waals surface area contributed by atoms with E-state index in [1.807, 2.05) is 20.8 Å². The maximum atomic E-state index is 12.0. The third kappa shape index (κ3) is 7.98. The number of carbonyl (C=O) groups excluding carboxylic acids is 1. The van der Waals surface area contributed by atoms with Gasteiger partial charge in [-0.1, -0.05) is 20.8 Å². The number of ether oxygens (including phenoxy) is 1. The Labute approximate surface area is 125 Å². The molecular weight excluding hydrogens is 274 g/mol. The molecule has 0 aliphatic heterocycles. The van der Waals surface area contributed by atoms with Gasteiger partial charge in [0.25, 0.3) is 0 Å². The molecule has 0 fully saturated rings. The van der Waals surface area contributed by atoms with E-state index in [0.717, 1.165) is 0 Å². The van der Waals surface area contributed by atoms with Gasteiger partial charge >= 0.3 is 5.97 Å². The Morgan fingerprint density at radius 1 is 1.33 bits per heavy atom. The van der Waals surface area contributed by atoms with E-state index in [1.54, 1.807) is 0 Å². The standard InChI is InChI=1S/C12H27N7O2/c1-4-8(18-11(14)15)9(19-12(16)17)21-10(20)7(13)5-6(2)3/h6-9H,4-5,13H2,1-3H3,(H4,14,15,18)(H4,16,17,19)/t7-,8?,9?/m0/s1. The van der Waals surface area contributed by atoms with Crippen LogP contribution in [0.15, 0.2) is 4.99 Å². The molecule has 10 N–H and O–H groups in total. The monoisotopic (exact) mass is 301 g/mol. The lowest BCUT2D eigenvalue weighted by atomic mass is 10.0. The van der Waals surface area contributed by atoms with Crippen molar-refractivity contribution >= 4 is 17.9 Å². The van der Waals surface area contributed by atoms with E-state index in [9.17, 15) is 4.79 Å². The van der Waals surface area contributed by atoms with Crippen LogP contribution in [0, 0.1) is 11.3 Å².